The highest BCUT2D eigenvalue weighted by atomic mass is 32.2. The molecule has 10 heteroatoms. The molecule has 4 rings (SSSR count). The summed E-state index contributed by atoms with van der Waals surface area (Å²) >= 11 is -1.50. The fraction of sp³-hybridized carbons (Fsp3) is 0.625. The van der Waals surface area contributed by atoms with Crippen molar-refractivity contribution in [1.29, 1.82) is 0 Å². The molecule has 2 saturated heterocycles. The van der Waals surface area contributed by atoms with Crippen LogP contribution in [0.5, 0.6) is 0 Å². The van der Waals surface area contributed by atoms with Crippen LogP contribution in [0, 0.1) is 11.7 Å². The molecular weight excluding hydrogens is 461 g/mol. The van der Waals surface area contributed by atoms with Crippen molar-refractivity contribution in [1.82, 2.24) is 14.9 Å². The van der Waals surface area contributed by atoms with Crippen LogP contribution in [0.25, 0.3) is 0 Å². The summed E-state index contributed by atoms with van der Waals surface area (Å²) < 4.78 is 36.1. The first-order chi connectivity index (χ1) is 16.0. The molecule has 1 aromatic carbocycles. The van der Waals surface area contributed by atoms with E-state index in [9.17, 15) is 18.9 Å². The monoisotopic (exact) mass is 493 g/mol. The Morgan fingerprint density at radius 3 is 2.65 bits per heavy atom. The summed E-state index contributed by atoms with van der Waals surface area (Å²) in [6, 6.07) is 3.87. The summed E-state index contributed by atoms with van der Waals surface area (Å²) in [4.78, 5) is 39.6. The Morgan fingerprint density at radius 1 is 1.26 bits per heavy atom. The molecule has 1 aliphatic carbocycles. The normalized spacial score (nSPS) is 27.0. The second-order valence-electron chi connectivity index (χ2n) is 10.3. The predicted octanol–water partition coefficient (Wildman–Crippen LogP) is 2.67. The van der Waals surface area contributed by atoms with Crippen molar-refractivity contribution in [2.75, 3.05) is 13.2 Å². The van der Waals surface area contributed by atoms with Crippen LogP contribution in [-0.2, 0) is 37.6 Å². The van der Waals surface area contributed by atoms with E-state index < -0.39 is 51.2 Å². The predicted molar refractivity (Wildman–Crippen MR) is 124 cm³/mol. The maximum Gasteiger partial charge on any atom is 0.331 e. The number of aryl methyl sites for hydroxylation is 1. The number of ether oxygens (including phenoxy) is 1. The number of carbonyl (C=O) groups is 3. The van der Waals surface area contributed by atoms with Crippen LogP contribution in [0.1, 0.15) is 64.0 Å². The highest BCUT2D eigenvalue weighted by molar-refractivity contribution is 7.90. The topological polar surface area (TPSA) is 111 Å². The zero-order valence-electron chi connectivity index (χ0n) is 19.8. The van der Waals surface area contributed by atoms with Gasteiger partial charge in [0.25, 0.3) is 0 Å². The molecule has 1 aromatic rings. The molecule has 8 nitrogen and oxygen atoms in total. The van der Waals surface area contributed by atoms with Crippen LogP contribution < -0.4 is 10.0 Å². The molecular formula is C24H32FN3O5S. The third kappa shape index (κ3) is 4.73. The summed E-state index contributed by atoms with van der Waals surface area (Å²) in [6.07, 6.45) is 2.46. The van der Waals surface area contributed by atoms with Gasteiger partial charge in [0.2, 0.25) is 11.8 Å². The maximum atomic E-state index is 15.1. The van der Waals surface area contributed by atoms with Gasteiger partial charge in [-0.2, -0.15) is 0 Å². The van der Waals surface area contributed by atoms with Crippen molar-refractivity contribution in [3.05, 3.63) is 35.1 Å². The summed E-state index contributed by atoms with van der Waals surface area (Å²) in [7, 11) is 0. The number of hydrogen-bond donors (Lipinski definition) is 2. The minimum Gasteiger partial charge on any atom is -0.598 e. The number of fused-ring (bicyclic) bond motifs is 1. The Bertz CT molecular complexity index is 978. The van der Waals surface area contributed by atoms with E-state index in [0.29, 0.717) is 44.5 Å². The Balaban J connectivity index is 1.60. The zero-order chi connectivity index (χ0) is 24.7. The number of benzene rings is 1. The van der Waals surface area contributed by atoms with Gasteiger partial charge in [-0.05, 0) is 70.9 Å². The second kappa shape index (κ2) is 9.56. The molecule has 0 saturated carbocycles. The average Bonchev–Trinajstić information content (AvgIpc) is 3.13. The van der Waals surface area contributed by atoms with E-state index in [1.165, 1.54) is 6.07 Å². The van der Waals surface area contributed by atoms with Gasteiger partial charge in [0.05, 0.1) is 5.54 Å². The fourth-order valence-corrected chi connectivity index (χ4v) is 6.05. The average molecular weight is 494 g/mol. The second-order valence-corrected chi connectivity index (χ2v) is 12.2. The number of hydrogen-bond acceptors (Lipinski definition) is 6. The third-order valence-electron chi connectivity index (χ3n) is 6.96. The number of amides is 4. The van der Waals surface area contributed by atoms with Crippen molar-refractivity contribution in [3.63, 3.8) is 0 Å². The van der Waals surface area contributed by atoms with E-state index in [0.717, 1.165) is 10.5 Å². The lowest BCUT2D eigenvalue weighted by molar-refractivity contribution is -0.145. The Hall–Kier alpha value is -2.01. The van der Waals surface area contributed by atoms with Gasteiger partial charge in [0.15, 0.2) is 0 Å². The van der Waals surface area contributed by atoms with E-state index >= 15 is 4.39 Å². The van der Waals surface area contributed by atoms with Crippen molar-refractivity contribution in [2.24, 2.45) is 5.92 Å². The maximum absolute atomic E-state index is 15.1. The molecule has 1 unspecified atom stereocenters. The van der Waals surface area contributed by atoms with Gasteiger partial charge < -0.3 is 9.29 Å². The minimum absolute atomic E-state index is 0.0970. The van der Waals surface area contributed by atoms with Gasteiger partial charge in [-0.3, -0.25) is 19.8 Å². The first-order valence-corrected chi connectivity index (χ1v) is 12.9. The Morgan fingerprint density at radius 2 is 1.97 bits per heavy atom. The lowest BCUT2D eigenvalue weighted by atomic mass is 9.83. The Labute approximate surface area is 202 Å². The molecule has 3 aliphatic rings. The van der Waals surface area contributed by atoms with Crippen LogP contribution in [-0.4, -0.2) is 51.3 Å². The van der Waals surface area contributed by atoms with Gasteiger partial charge in [-0.25, -0.2) is 9.18 Å². The van der Waals surface area contributed by atoms with Crippen molar-refractivity contribution in [2.45, 2.75) is 75.6 Å². The lowest BCUT2D eigenvalue weighted by Gasteiger charge is -2.39. The first-order valence-electron chi connectivity index (χ1n) is 11.8. The summed E-state index contributed by atoms with van der Waals surface area (Å²) in [5.74, 6) is -2.64. The molecule has 186 valence electrons. The molecule has 0 radical (unpaired) electrons. The SMILES string of the molecule is CC(C)(C)[S+]([O-])N[C@@]1(CC[C@H]2C(=O)NC(=O)N(C3CCOCC3)C2=O)CCc2cccc(F)c21. The van der Waals surface area contributed by atoms with Crippen LogP contribution in [0.3, 0.4) is 0 Å². The fourth-order valence-electron chi connectivity index (χ4n) is 5.09. The number of imide groups is 2. The minimum atomic E-state index is -1.50. The van der Waals surface area contributed by atoms with E-state index in [4.69, 9.17) is 4.74 Å². The van der Waals surface area contributed by atoms with Gasteiger partial charge in [-0.1, -0.05) is 12.1 Å². The molecule has 0 spiro atoms. The summed E-state index contributed by atoms with van der Waals surface area (Å²) in [5, 5.41) is 2.32. The van der Waals surface area contributed by atoms with Gasteiger partial charge >= 0.3 is 6.03 Å². The zero-order valence-corrected chi connectivity index (χ0v) is 20.6. The van der Waals surface area contributed by atoms with Gasteiger partial charge in [-0.15, -0.1) is 4.72 Å². The van der Waals surface area contributed by atoms with E-state index in [1.54, 1.807) is 6.07 Å². The summed E-state index contributed by atoms with van der Waals surface area (Å²) in [5.41, 5.74) is 0.301. The molecule has 4 amide bonds. The molecule has 2 fully saturated rings. The van der Waals surface area contributed by atoms with Gasteiger partial charge in [0.1, 0.15) is 16.5 Å². The van der Waals surface area contributed by atoms with Crippen molar-refractivity contribution >= 4 is 29.2 Å². The molecule has 0 aromatic heterocycles. The smallest absolute Gasteiger partial charge is 0.331 e. The Kier molecular flexibility index (Phi) is 7.06. The lowest BCUT2D eigenvalue weighted by Crippen LogP contribution is -2.62. The quantitative estimate of drug-likeness (QED) is 0.466. The number of nitrogens with zero attached hydrogens (tertiary/aromatic N) is 1. The highest BCUT2D eigenvalue weighted by Crippen LogP contribution is 2.44. The van der Waals surface area contributed by atoms with E-state index in [1.807, 2.05) is 26.8 Å². The largest absolute Gasteiger partial charge is 0.598 e. The van der Waals surface area contributed by atoms with Crippen molar-refractivity contribution < 1.29 is 28.1 Å². The number of carbonyl (C=O) groups excluding carboxylic acids is 3. The number of nitrogens with one attached hydrogen (secondary N) is 2. The number of halogens is 1. The summed E-state index contributed by atoms with van der Waals surface area (Å²) in [6.45, 7) is 6.38. The molecule has 2 heterocycles. The van der Waals surface area contributed by atoms with Crippen LogP contribution in [0.15, 0.2) is 18.2 Å². The van der Waals surface area contributed by atoms with Crippen LogP contribution >= 0.6 is 0 Å². The number of urea groups is 1. The van der Waals surface area contributed by atoms with Crippen LogP contribution in [0.2, 0.25) is 0 Å². The molecule has 2 aliphatic heterocycles. The number of barbiturate groups is 1. The standard InChI is InChI=1S/C24H32FN3O5S/c1-23(2,3)34(32)27-24(11-7-15-5-4-6-18(25)19(15)24)12-8-17-20(29)26-22(31)28(21(17)30)16-9-13-33-14-10-16/h4-6,16-17,27H,7-14H2,1-3H3,(H,26,29,31)/t17-,24+,34?/m0/s1. The van der Waals surface area contributed by atoms with E-state index in [-0.39, 0.29) is 18.9 Å². The van der Waals surface area contributed by atoms with E-state index in [2.05, 4.69) is 10.0 Å². The molecule has 3 atom stereocenters. The first kappa shape index (κ1) is 25.1. The van der Waals surface area contributed by atoms with Gasteiger partial charge in [0, 0.05) is 36.2 Å². The van der Waals surface area contributed by atoms with Crippen molar-refractivity contribution in [3.8, 4) is 0 Å². The molecule has 0 bridgehead atoms. The van der Waals surface area contributed by atoms with Crippen LogP contribution in [0.4, 0.5) is 9.18 Å². The highest BCUT2D eigenvalue weighted by Gasteiger charge is 2.49. The molecule has 2 N–H and O–H groups in total. The third-order valence-corrected chi connectivity index (χ3v) is 8.65. The molecule has 34 heavy (non-hydrogen) atoms. The number of rotatable bonds is 6.